The van der Waals surface area contributed by atoms with Gasteiger partial charge in [0, 0.05) is 5.56 Å². The number of esters is 1. The minimum absolute atomic E-state index is 0.110. The van der Waals surface area contributed by atoms with Gasteiger partial charge in [0.05, 0.1) is 19.4 Å². The van der Waals surface area contributed by atoms with E-state index < -0.39 is 53.9 Å². The van der Waals surface area contributed by atoms with Crippen LogP contribution < -0.4 is 11.1 Å². The smallest absolute Gasteiger partial charge is 0.308 e. The maximum atomic E-state index is 13.4. The van der Waals surface area contributed by atoms with E-state index in [2.05, 4.69) is 10.1 Å². The first-order valence-corrected chi connectivity index (χ1v) is 6.52. The van der Waals surface area contributed by atoms with Crippen molar-refractivity contribution in [3.05, 3.63) is 35.4 Å². The predicted molar refractivity (Wildman–Crippen MR) is 72.4 cm³/mol. The molecule has 6 nitrogen and oxygen atoms in total. The molecule has 0 unspecified atom stereocenters. The van der Waals surface area contributed by atoms with Crippen molar-refractivity contribution in [2.45, 2.75) is 25.8 Å². The van der Waals surface area contributed by atoms with Crippen LogP contribution in [-0.4, -0.2) is 30.4 Å². The molecule has 3 N–H and O–H groups in total. The minimum Gasteiger partial charge on any atom is -0.466 e. The zero-order valence-corrected chi connectivity index (χ0v) is 11.9. The second-order valence-corrected chi connectivity index (χ2v) is 4.41. The van der Waals surface area contributed by atoms with E-state index in [-0.39, 0.29) is 6.61 Å². The molecular weight excluding hydrogens is 298 g/mol. The van der Waals surface area contributed by atoms with Crippen LogP contribution in [0.15, 0.2) is 18.2 Å². The van der Waals surface area contributed by atoms with Crippen LogP contribution in [0.3, 0.4) is 0 Å². The van der Waals surface area contributed by atoms with Gasteiger partial charge in [-0.1, -0.05) is 6.07 Å². The Morgan fingerprint density at radius 3 is 2.36 bits per heavy atom. The van der Waals surface area contributed by atoms with Crippen molar-refractivity contribution in [1.82, 2.24) is 5.32 Å². The molecule has 2 amide bonds. The summed E-state index contributed by atoms with van der Waals surface area (Å²) in [6, 6.07) is 1.88. The normalized spacial score (nSPS) is 11.6. The van der Waals surface area contributed by atoms with Gasteiger partial charge in [0.2, 0.25) is 11.8 Å². The highest BCUT2D eigenvalue weighted by Crippen LogP contribution is 2.12. The van der Waals surface area contributed by atoms with Gasteiger partial charge in [-0.3, -0.25) is 14.4 Å². The Kier molecular flexibility index (Phi) is 6.43. The molecule has 0 aliphatic heterocycles. The summed E-state index contributed by atoms with van der Waals surface area (Å²) >= 11 is 0. The Morgan fingerprint density at radius 1 is 1.27 bits per heavy atom. The molecule has 22 heavy (non-hydrogen) atoms. The summed E-state index contributed by atoms with van der Waals surface area (Å²) in [4.78, 5) is 34.3. The monoisotopic (exact) mass is 314 g/mol. The molecule has 0 spiro atoms. The third-order valence-electron chi connectivity index (χ3n) is 2.75. The molecule has 0 bridgehead atoms. The largest absolute Gasteiger partial charge is 0.466 e. The number of benzene rings is 1. The SMILES string of the molecule is CCOC(=O)C[C@H](NC(=O)Cc1c(F)cccc1F)C(N)=O. The Hall–Kier alpha value is -2.51. The molecule has 0 aliphatic carbocycles. The van der Waals surface area contributed by atoms with Crippen LogP contribution >= 0.6 is 0 Å². The van der Waals surface area contributed by atoms with E-state index in [0.29, 0.717) is 0 Å². The molecule has 0 aliphatic rings. The molecule has 120 valence electrons. The highest BCUT2D eigenvalue weighted by Gasteiger charge is 2.23. The van der Waals surface area contributed by atoms with E-state index >= 15 is 0 Å². The second kappa shape index (κ2) is 8.06. The van der Waals surface area contributed by atoms with Gasteiger partial charge in [0.1, 0.15) is 17.7 Å². The van der Waals surface area contributed by atoms with Crippen molar-refractivity contribution >= 4 is 17.8 Å². The van der Waals surface area contributed by atoms with E-state index in [0.717, 1.165) is 12.1 Å². The fourth-order valence-corrected chi connectivity index (χ4v) is 1.72. The number of amides is 2. The third kappa shape index (κ3) is 5.12. The average molecular weight is 314 g/mol. The summed E-state index contributed by atoms with van der Waals surface area (Å²) in [6.45, 7) is 1.69. The van der Waals surface area contributed by atoms with Gasteiger partial charge < -0.3 is 15.8 Å². The number of ether oxygens (including phenoxy) is 1. The summed E-state index contributed by atoms with van der Waals surface area (Å²) in [5.74, 6) is -4.26. The van der Waals surface area contributed by atoms with Crippen LogP contribution in [0.25, 0.3) is 0 Å². The molecule has 1 aromatic carbocycles. The Morgan fingerprint density at radius 2 is 1.86 bits per heavy atom. The molecule has 0 saturated heterocycles. The number of primary amides is 1. The Bertz CT molecular complexity index is 558. The minimum atomic E-state index is -1.30. The van der Waals surface area contributed by atoms with E-state index in [4.69, 9.17) is 5.73 Å². The van der Waals surface area contributed by atoms with Crippen molar-refractivity contribution in [1.29, 1.82) is 0 Å². The Balaban J connectivity index is 2.72. The topological polar surface area (TPSA) is 98.5 Å². The van der Waals surface area contributed by atoms with Crippen LogP contribution in [0.5, 0.6) is 0 Å². The van der Waals surface area contributed by atoms with Crippen LogP contribution in [-0.2, 0) is 25.5 Å². The van der Waals surface area contributed by atoms with E-state index in [9.17, 15) is 23.2 Å². The molecule has 8 heteroatoms. The number of carbonyl (C=O) groups is 3. The summed E-state index contributed by atoms with van der Waals surface area (Å²) in [5, 5.41) is 2.16. The summed E-state index contributed by atoms with van der Waals surface area (Å²) in [5.41, 5.74) is 4.64. The first-order valence-electron chi connectivity index (χ1n) is 6.52. The van der Waals surface area contributed by atoms with Crippen LogP contribution in [0.1, 0.15) is 18.9 Å². The molecule has 0 saturated carbocycles. The van der Waals surface area contributed by atoms with Gasteiger partial charge in [-0.15, -0.1) is 0 Å². The molecule has 0 fully saturated rings. The lowest BCUT2D eigenvalue weighted by atomic mass is 10.1. The van der Waals surface area contributed by atoms with E-state index in [1.165, 1.54) is 6.07 Å². The zero-order valence-electron chi connectivity index (χ0n) is 11.9. The molecule has 1 atom stereocenters. The number of hydrogen-bond acceptors (Lipinski definition) is 4. The number of hydrogen-bond donors (Lipinski definition) is 2. The number of carbonyl (C=O) groups excluding carboxylic acids is 3. The fraction of sp³-hybridized carbons (Fsp3) is 0.357. The van der Waals surface area contributed by atoms with Gasteiger partial charge >= 0.3 is 5.97 Å². The summed E-state index contributed by atoms with van der Waals surface area (Å²) in [6.07, 6.45) is -1.07. The number of halogens is 2. The van der Waals surface area contributed by atoms with Gasteiger partial charge in [-0.2, -0.15) is 0 Å². The number of nitrogens with two attached hydrogens (primary N) is 1. The first-order chi connectivity index (χ1) is 10.3. The van der Waals surface area contributed by atoms with Crippen molar-refractivity contribution in [2.75, 3.05) is 6.61 Å². The fourth-order valence-electron chi connectivity index (χ4n) is 1.72. The maximum Gasteiger partial charge on any atom is 0.308 e. The lowest BCUT2D eigenvalue weighted by Gasteiger charge is -2.15. The van der Waals surface area contributed by atoms with E-state index in [1.807, 2.05) is 0 Å². The van der Waals surface area contributed by atoms with Crippen LogP contribution in [0, 0.1) is 11.6 Å². The predicted octanol–water partition coefficient (Wildman–Crippen LogP) is 0.431. The number of nitrogens with one attached hydrogen (secondary N) is 1. The van der Waals surface area contributed by atoms with E-state index in [1.54, 1.807) is 6.92 Å². The quantitative estimate of drug-likeness (QED) is 0.713. The standard InChI is InChI=1S/C14H16F2N2O4/c1-2-22-13(20)7-11(14(17)21)18-12(19)6-8-9(15)4-3-5-10(8)16/h3-5,11H,2,6-7H2,1H3,(H2,17,21)(H,18,19)/t11-/m0/s1. The lowest BCUT2D eigenvalue weighted by molar-refractivity contribution is -0.145. The average Bonchev–Trinajstić information content (AvgIpc) is 2.42. The molecule has 0 heterocycles. The van der Waals surface area contributed by atoms with Crippen LogP contribution in [0.4, 0.5) is 8.78 Å². The Labute approximate surface area is 125 Å². The van der Waals surface area contributed by atoms with Gasteiger partial charge in [0.15, 0.2) is 0 Å². The number of rotatable bonds is 7. The van der Waals surface area contributed by atoms with Crippen molar-refractivity contribution in [3.63, 3.8) is 0 Å². The van der Waals surface area contributed by atoms with Crippen molar-refractivity contribution in [2.24, 2.45) is 5.73 Å². The maximum absolute atomic E-state index is 13.4. The summed E-state index contributed by atoms with van der Waals surface area (Å²) in [7, 11) is 0. The van der Waals surface area contributed by atoms with Crippen molar-refractivity contribution < 1.29 is 27.9 Å². The van der Waals surface area contributed by atoms with Gasteiger partial charge in [-0.25, -0.2) is 8.78 Å². The third-order valence-corrected chi connectivity index (χ3v) is 2.75. The van der Waals surface area contributed by atoms with Gasteiger partial charge in [0.25, 0.3) is 0 Å². The molecular formula is C14H16F2N2O4. The molecule has 1 rings (SSSR count). The highest BCUT2D eigenvalue weighted by molar-refractivity contribution is 5.90. The summed E-state index contributed by atoms with van der Waals surface area (Å²) < 4.78 is 31.5. The lowest BCUT2D eigenvalue weighted by Crippen LogP contribution is -2.46. The first kappa shape index (κ1) is 17.5. The van der Waals surface area contributed by atoms with Crippen LogP contribution in [0.2, 0.25) is 0 Å². The zero-order chi connectivity index (χ0) is 16.7. The van der Waals surface area contributed by atoms with Crippen molar-refractivity contribution in [3.8, 4) is 0 Å². The molecule has 1 aromatic rings. The molecule has 0 aromatic heterocycles. The molecule has 0 radical (unpaired) electrons. The van der Waals surface area contributed by atoms with Gasteiger partial charge in [-0.05, 0) is 19.1 Å². The highest BCUT2D eigenvalue weighted by atomic mass is 19.1. The second-order valence-electron chi connectivity index (χ2n) is 4.41.